The highest BCUT2D eigenvalue weighted by molar-refractivity contribution is 7.21. The molecule has 0 saturated heterocycles. The number of carbonyl (C=O) groups is 1. The molecule has 104 valence electrons. The number of aromatic nitrogens is 1. The molecule has 0 unspecified atom stereocenters. The number of fused-ring (bicyclic) bond motifs is 1. The summed E-state index contributed by atoms with van der Waals surface area (Å²) in [5, 5.41) is 1.00. The van der Waals surface area contributed by atoms with E-state index in [1.807, 2.05) is 24.3 Å². The molecule has 0 spiro atoms. The van der Waals surface area contributed by atoms with Crippen LogP contribution in [0.1, 0.15) is 11.1 Å². The highest BCUT2D eigenvalue weighted by Crippen LogP contribution is 2.30. The maximum Gasteiger partial charge on any atom is 0.241 e. The van der Waals surface area contributed by atoms with Gasteiger partial charge in [-0.1, -0.05) is 30.3 Å². The first kappa shape index (κ1) is 13.5. The number of carbonyl (C=O) groups excluding carboxylic acids is 1. The van der Waals surface area contributed by atoms with Crippen molar-refractivity contribution in [2.75, 3.05) is 0 Å². The quantitative estimate of drug-likeness (QED) is 0.748. The Balaban J connectivity index is 1.93. The Morgan fingerprint density at radius 1 is 1.19 bits per heavy atom. The molecule has 0 aliphatic heterocycles. The van der Waals surface area contributed by atoms with Gasteiger partial charge < -0.3 is 5.73 Å². The largest absolute Gasteiger partial charge is 0.366 e. The Bertz CT molecular complexity index is 832. The summed E-state index contributed by atoms with van der Waals surface area (Å²) in [4.78, 5) is 15.4. The zero-order valence-electron chi connectivity index (χ0n) is 11.5. The molecule has 2 aromatic carbocycles. The first-order valence-electron chi connectivity index (χ1n) is 6.57. The van der Waals surface area contributed by atoms with Crippen LogP contribution in [0.3, 0.4) is 0 Å². The average molecular weight is 294 g/mol. The minimum Gasteiger partial charge on any atom is -0.366 e. The van der Waals surface area contributed by atoms with Crippen LogP contribution >= 0.6 is 11.3 Å². The molecule has 0 bridgehead atoms. The molecule has 0 fully saturated rings. The van der Waals surface area contributed by atoms with Gasteiger partial charge in [0, 0.05) is 11.6 Å². The van der Waals surface area contributed by atoms with E-state index in [0.717, 1.165) is 21.7 Å². The van der Waals surface area contributed by atoms with Crippen molar-refractivity contribution in [1.82, 2.24) is 4.98 Å². The Labute approximate surface area is 126 Å². The van der Waals surface area contributed by atoms with Crippen molar-refractivity contribution in [2.24, 2.45) is 5.73 Å². The van der Waals surface area contributed by atoms with Crippen molar-refractivity contribution in [3.63, 3.8) is 0 Å². The summed E-state index contributed by atoms with van der Waals surface area (Å²) in [6.07, 6.45) is 3.06. The molecule has 0 atom stereocenters. The number of nitrogens with two attached hydrogens (primary N) is 1. The molecule has 0 radical (unpaired) electrons. The van der Waals surface area contributed by atoms with Gasteiger partial charge in [0.05, 0.1) is 10.2 Å². The molecule has 3 nitrogen and oxygen atoms in total. The smallest absolute Gasteiger partial charge is 0.241 e. The number of thiazole rings is 1. The lowest BCUT2D eigenvalue weighted by Gasteiger charge is -1.97. The van der Waals surface area contributed by atoms with E-state index in [9.17, 15) is 4.79 Å². The van der Waals surface area contributed by atoms with E-state index < -0.39 is 5.91 Å². The van der Waals surface area contributed by atoms with Crippen molar-refractivity contribution < 1.29 is 4.79 Å². The van der Waals surface area contributed by atoms with Gasteiger partial charge in [-0.2, -0.15) is 0 Å². The second-order valence-corrected chi connectivity index (χ2v) is 5.88. The molecule has 0 aliphatic rings. The first-order chi connectivity index (χ1) is 10.1. The summed E-state index contributed by atoms with van der Waals surface area (Å²) >= 11 is 1.69. The Hall–Kier alpha value is -2.46. The summed E-state index contributed by atoms with van der Waals surface area (Å²) in [5.41, 5.74) is 9.36. The van der Waals surface area contributed by atoms with Gasteiger partial charge in [0.25, 0.3) is 0 Å². The van der Waals surface area contributed by atoms with Crippen molar-refractivity contribution in [3.05, 3.63) is 59.7 Å². The van der Waals surface area contributed by atoms with Gasteiger partial charge in [0.2, 0.25) is 5.91 Å². The SMILES string of the molecule is Cc1ccc2nc(-c3ccc(/C=C/C(N)=O)cc3)sc2c1. The lowest BCUT2D eigenvalue weighted by Crippen LogP contribution is -2.04. The van der Waals surface area contributed by atoms with Crippen molar-refractivity contribution in [3.8, 4) is 10.6 Å². The number of rotatable bonds is 3. The summed E-state index contributed by atoms with van der Waals surface area (Å²) in [5.74, 6) is -0.444. The standard InChI is InChI=1S/C17H14N2OS/c1-11-2-8-14-15(10-11)21-17(19-14)13-6-3-12(4-7-13)5-9-16(18)20/h2-10H,1H3,(H2,18,20)/b9-5+. The van der Waals surface area contributed by atoms with E-state index in [1.54, 1.807) is 17.4 Å². The fourth-order valence-electron chi connectivity index (χ4n) is 2.07. The van der Waals surface area contributed by atoms with E-state index in [2.05, 4.69) is 30.1 Å². The van der Waals surface area contributed by atoms with Crippen LogP contribution in [0.15, 0.2) is 48.5 Å². The number of aryl methyl sites for hydroxylation is 1. The number of nitrogens with zero attached hydrogens (tertiary/aromatic N) is 1. The third-order valence-electron chi connectivity index (χ3n) is 3.14. The maximum absolute atomic E-state index is 10.7. The molecule has 2 N–H and O–H groups in total. The van der Waals surface area contributed by atoms with Crippen molar-refractivity contribution in [2.45, 2.75) is 6.92 Å². The number of hydrogen-bond donors (Lipinski definition) is 1. The highest BCUT2D eigenvalue weighted by atomic mass is 32.1. The Morgan fingerprint density at radius 2 is 1.95 bits per heavy atom. The van der Waals surface area contributed by atoms with Gasteiger partial charge in [-0.05, 0) is 36.3 Å². The monoisotopic (exact) mass is 294 g/mol. The fraction of sp³-hybridized carbons (Fsp3) is 0.0588. The van der Waals surface area contributed by atoms with Crippen LogP contribution in [-0.2, 0) is 4.79 Å². The van der Waals surface area contributed by atoms with Crippen LogP contribution in [0.5, 0.6) is 0 Å². The number of benzene rings is 2. The van der Waals surface area contributed by atoms with Crippen LogP contribution in [0.4, 0.5) is 0 Å². The average Bonchev–Trinajstić information content (AvgIpc) is 2.88. The van der Waals surface area contributed by atoms with E-state index in [-0.39, 0.29) is 0 Å². The van der Waals surface area contributed by atoms with Gasteiger partial charge >= 0.3 is 0 Å². The molecular formula is C17H14N2OS. The summed E-state index contributed by atoms with van der Waals surface area (Å²) in [6, 6.07) is 14.2. The third kappa shape index (κ3) is 3.01. The molecule has 1 heterocycles. The molecule has 3 aromatic rings. The van der Waals surface area contributed by atoms with Crippen LogP contribution in [0, 0.1) is 6.92 Å². The molecule has 1 aromatic heterocycles. The zero-order chi connectivity index (χ0) is 14.8. The molecule has 4 heteroatoms. The predicted molar refractivity (Wildman–Crippen MR) is 88.0 cm³/mol. The molecule has 3 rings (SSSR count). The topological polar surface area (TPSA) is 56.0 Å². The lowest BCUT2D eigenvalue weighted by atomic mass is 10.1. The fourth-order valence-corrected chi connectivity index (χ4v) is 3.14. The number of primary amides is 1. The third-order valence-corrected chi connectivity index (χ3v) is 4.21. The normalized spacial score (nSPS) is 11.3. The van der Waals surface area contributed by atoms with Crippen LogP contribution < -0.4 is 5.73 Å². The van der Waals surface area contributed by atoms with E-state index in [4.69, 9.17) is 5.73 Å². The van der Waals surface area contributed by atoms with Crippen molar-refractivity contribution >= 4 is 33.5 Å². The van der Waals surface area contributed by atoms with E-state index in [1.165, 1.54) is 16.3 Å². The van der Waals surface area contributed by atoms with E-state index in [0.29, 0.717) is 0 Å². The van der Waals surface area contributed by atoms with Crippen molar-refractivity contribution in [1.29, 1.82) is 0 Å². The highest BCUT2D eigenvalue weighted by Gasteiger charge is 2.06. The van der Waals surface area contributed by atoms with Gasteiger partial charge in [-0.3, -0.25) is 4.79 Å². The van der Waals surface area contributed by atoms with Gasteiger partial charge in [0.15, 0.2) is 0 Å². The van der Waals surface area contributed by atoms with Crippen LogP contribution in [0.2, 0.25) is 0 Å². The maximum atomic E-state index is 10.7. The predicted octanol–water partition coefficient (Wildman–Crippen LogP) is 3.77. The lowest BCUT2D eigenvalue weighted by molar-refractivity contribution is -0.113. The summed E-state index contributed by atoms with van der Waals surface area (Å²) < 4.78 is 1.20. The number of amides is 1. The Kier molecular flexibility index (Phi) is 3.54. The van der Waals surface area contributed by atoms with Crippen LogP contribution in [0.25, 0.3) is 26.9 Å². The molecule has 0 aliphatic carbocycles. The minimum atomic E-state index is -0.444. The van der Waals surface area contributed by atoms with E-state index >= 15 is 0 Å². The van der Waals surface area contributed by atoms with Crippen LogP contribution in [-0.4, -0.2) is 10.9 Å². The van der Waals surface area contributed by atoms with Gasteiger partial charge in [-0.25, -0.2) is 4.98 Å². The summed E-state index contributed by atoms with van der Waals surface area (Å²) in [7, 11) is 0. The molecule has 1 amide bonds. The molecular weight excluding hydrogens is 280 g/mol. The first-order valence-corrected chi connectivity index (χ1v) is 7.38. The molecule has 21 heavy (non-hydrogen) atoms. The second kappa shape index (κ2) is 5.50. The molecule has 0 saturated carbocycles. The minimum absolute atomic E-state index is 0.444. The Morgan fingerprint density at radius 3 is 2.67 bits per heavy atom. The zero-order valence-corrected chi connectivity index (χ0v) is 12.4. The summed E-state index contributed by atoms with van der Waals surface area (Å²) in [6.45, 7) is 2.08. The van der Waals surface area contributed by atoms with Gasteiger partial charge in [0.1, 0.15) is 5.01 Å². The number of hydrogen-bond acceptors (Lipinski definition) is 3. The van der Waals surface area contributed by atoms with Gasteiger partial charge in [-0.15, -0.1) is 11.3 Å². The second-order valence-electron chi connectivity index (χ2n) is 4.85.